The summed E-state index contributed by atoms with van der Waals surface area (Å²) in [5, 5.41) is 15.1. The summed E-state index contributed by atoms with van der Waals surface area (Å²) in [5.74, 6) is 3.28. The number of benzene rings is 3. The van der Waals surface area contributed by atoms with E-state index in [2.05, 4.69) is 5.10 Å². The van der Waals surface area contributed by atoms with Crippen LogP contribution >= 0.6 is 0 Å². The minimum absolute atomic E-state index is 0.0378. The fourth-order valence-corrected chi connectivity index (χ4v) is 5.23. The van der Waals surface area contributed by atoms with Gasteiger partial charge in [0.05, 0.1) is 32.9 Å². The molecule has 3 aromatic carbocycles. The smallest absolute Gasteiger partial charge is 0.347 e. The largest absolute Gasteiger partial charge is 0.493 e. The number of amides is 4. The van der Waals surface area contributed by atoms with E-state index in [0.717, 1.165) is 15.6 Å². The highest BCUT2D eigenvalue weighted by Gasteiger charge is 2.58. The van der Waals surface area contributed by atoms with E-state index in [0.29, 0.717) is 22.4 Å². The molecule has 12 heteroatoms. The molecule has 0 spiro atoms. The molecule has 0 saturated carbocycles. The summed E-state index contributed by atoms with van der Waals surface area (Å²) in [4.78, 5) is 55.5. The predicted octanol–water partition coefficient (Wildman–Crippen LogP) is 3.66. The molecule has 1 heterocycles. The first-order chi connectivity index (χ1) is 20.6. The highest BCUT2D eigenvalue weighted by atomic mass is 16.5. The van der Waals surface area contributed by atoms with Crippen molar-refractivity contribution in [2.45, 2.75) is 38.4 Å². The monoisotopic (exact) mass is 587 g/mol. The molecular weight excluding hydrogens is 554 g/mol. The zero-order valence-corrected chi connectivity index (χ0v) is 24.3. The lowest BCUT2D eigenvalue weighted by atomic mass is 9.89. The standard InChI is InChI=1S/C31H33N5O7/c1-20(37)35(25(17-28(38)39)23-12-15-26(42-3)27(16-23)43-4)36-29(40)31(2,24-13-10-21(11-14-24)18-33-32)34(30(36)41)19-22-8-6-5-7-9-22/h5-16,18,25H,17,19,32H2,1-4H3,(H,38,39)/t25-,31-/m1/s1. The second-order valence-electron chi connectivity index (χ2n) is 10.0. The van der Waals surface area contributed by atoms with Gasteiger partial charge in [0.1, 0.15) is 5.54 Å². The summed E-state index contributed by atoms with van der Waals surface area (Å²) in [6, 6.07) is 18.5. The predicted molar refractivity (Wildman–Crippen MR) is 157 cm³/mol. The molecule has 0 radical (unpaired) electrons. The minimum Gasteiger partial charge on any atom is -0.493 e. The third-order valence-corrected chi connectivity index (χ3v) is 7.43. The zero-order valence-electron chi connectivity index (χ0n) is 24.3. The first-order valence-corrected chi connectivity index (χ1v) is 13.3. The Morgan fingerprint density at radius 3 is 2.23 bits per heavy atom. The number of carbonyl (C=O) groups excluding carboxylic acids is 3. The molecule has 43 heavy (non-hydrogen) atoms. The second kappa shape index (κ2) is 12.6. The van der Waals surface area contributed by atoms with Crippen molar-refractivity contribution in [3.63, 3.8) is 0 Å². The highest BCUT2D eigenvalue weighted by Crippen LogP contribution is 2.42. The van der Waals surface area contributed by atoms with Crippen molar-refractivity contribution in [2.75, 3.05) is 14.2 Å². The van der Waals surface area contributed by atoms with Crippen LogP contribution in [0, 0.1) is 0 Å². The molecule has 0 aromatic heterocycles. The molecule has 1 saturated heterocycles. The molecule has 224 valence electrons. The molecule has 0 unspecified atom stereocenters. The Balaban J connectivity index is 1.88. The van der Waals surface area contributed by atoms with E-state index in [1.165, 1.54) is 38.3 Å². The highest BCUT2D eigenvalue weighted by molar-refractivity contribution is 6.08. The Morgan fingerprint density at radius 2 is 1.67 bits per heavy atom. The number of nitrogens with two attached hydrogens (primary N) is 1. The molecule has 2 atom stereocenters. The number of carboxylic acid groups (broad SMARTS) is 1. The van der Waals surface area contributed by atoms with Gasteiger partial charge in [0.25, 0.3) is 5.91 Å². The molecule has 0 bridgehead atoms. The fourth-order valence-electron chi connectivity index (χ4n) is 5.23. The van der Waals surface area contributed by atoms with Gasteiger partial charge < -0.3 is 20.4 Å². The number of hydrazine groups is 1. The van der Waals surface area contributed by atoms with E-state index in [1.54, 1.807) is 43.3 Å². The molecule has 1 aliphatic heterocycles. The number of urea groups is 1. The van der Waals surface area contributed by atoms with Gasteiger partial charge in [-0.2, -0.15) is 10.1 Å². The Hall–Kier alpha value is -5.39. The van der Waals surface area contributed by atoms with Crippen molar-refractivity contribution in [1.29, 1.82) is 0 Å². The number of hydrogen-bond donors (Lipinski definition) is 2. The van der Waals surface area contributed by atoms with Crippen molar-refractivity contribution in [1.82, 2.24) is 14.9 Å². The van der Waals surface area contributed by atoms with Crippen LogP contribution in [-0.2, 0) is 26.5 Å². The molecule has 1 fully saturated rings. The first-order valence-electron chi connectivity index (χ1n) is 13.3. The number of methoxy groups -OCH3 is 2. The van der Waals surface area contributed by atoms with Crippen LogP contribution in [0.5, 0.6) is 11.5 Å². The third kappa shape index (κ3) is 5.85. The van der Waals surface area contributed by atoms with E-state index >= 15 is 0 Å². The summed E-state index contributed by atoms with van der Waals surface area (Å²) >= 11 is 0. The molecule has 12 nitrogen and oxygen atoms in total. The van der Waals surface area contributed by atoms with E-state index in [1.807, 2.05) is 30.3 Å². The Bertz CT molecular complexity index is 1540. The van der Waals surface area contributed by atoms with Gasteiger partial charge in [-0.05, 0) is 41.3 Å². The maximum Gasteiger partial charge on any atom is 0.347 e. The molecule has 4 amide bonds. The molecule has 1 aliphatic rings. The third-order valence-electron chi connectivity index (χ3n) is 7.43. The van der Waals surface area contributed by atoms with Gasteiger partial charge in [-0.15, -0.1) is 0 Å². The van der Waals surface area contributed by atoms with Gasteiger partial charge in [0.2, 0.25) is 5.91 Å². The van der Waals surface area contributed by atoms with Crippen LogP contribution in [-0.4, -0.2) is 64.3 Å². The van der Waals surface area contributed by atoms with E-state index in [9.17, 15) is 24.3 Å². The van der Waals surface area contributed by atoms with Gasteiger partial charge >= 0.3 is 12.0 Å². The summed E-state index contributed by atoms with van der Waals surface area (Å²) in [5.41, 5.74) is 0.662. The maximum atomic E-state index is 14.5. The summed E-state index contributed by atoms with van der Waals surface area (Å²) < 4.78 is 10.7. The SMILES string of the molecule is COc1ccc([C@@H](CC(=O)O)N(C(C)=O)N2C(=O)N(Cc3ccccc3)[C@](C)(c3ccc(C=NN)cc3)C2=O)cc1OC. The number of hydrogen-bond acceptors (Lipinski definition) is 8. The maximum absolute atomic E-state index is 14.5. The molecule has 3 aromatic rings. The van der Waals surface area contributed by atoms with Gasteiger partial charge in [-0.3, -0.25) is 19.3 Å². The van der Waals surface area contributed by atoms with Crippen LogP contribution < -0.4 is 15.3 Å². The number of aliphatic carboxylic acids is 1. The molecule has 3 N–H and O–H groups in total. The summed E-state index contributed by atoms with van der Waals surface area (Å²) in [7, 11) is 2.87. The first kappa shape index (κ1) is 30.6. The molecule has 4 rings (SSSR count). The number of nitrogens with zero attached hydrogens (tertiary/aromatic N) is 4. The number of imide groups is 1. The Morgan fingerprint density at radius 1 is 1.02 bits per heavy atom. The van der Waals surface area contributed by atoms with E-state index in [-0.39, 0.29) is 12.3 Å². The molecule has 0 aliphatic carbocycles. The average molecular weight is 588 g/mol. The van der Waals surface area contributed by atoms with Crippen molar-refractivity contribution in [2.24, 2.45) is 10.9 Å². The van der Waals surface area contributed by atoms with Gasteiger partial charge in [0.15, 0.2) is 11.5 Å². The zero-order chi connectivity index (χ0) is 31.3. The Kier molecular flexibility index (Phi) is 8.98. The number of carboxylic acids is 1. The number of rotatable bonds is 11. The molecular formula is C31H33N5O7. The number of hydrazone groups is 1. The van der Waals surface area contributed by atoms with Crippen molar-refractivity contribution in [3.8, 4) is 11.5 Å². The van der Waals surface area contributed by atoms with E-state index in [4.69, 9.17) is 15.3 Å². The minimum atomic E-state index is -1.57. The summed E-state index contributed by atoms with van der Waals surface area (Å²) in [6.45, 7) is 2.81. The normalized spacial score (nSPS) is 17.3. The van der Waals surface area contributed by atoms with Gasteiger partial charge in [0, 0.05) is 13.5 Å². The lowest BCUT2D eigenvalue weighted by molar-refractivity contribution is -0.162. The van der Waals surface area contributed by atoms with Crippen LogP contribution in [0.2, 0.25) is 0 Å². The lowest BCUT2D eigenvalue weighted by Gasteiger charge is -2.35. The van der Waals surface area contributed by atoms with Gasteiger partial charge in [-0.25, -0.2) is 9.80 Å². The van der Waals surface area contributed by atoms with Crippen LogP contribution in [0.1, 0.15) is 48.6 Å². The fraction of sp³-hybridized carbons (Fsp3) is 0.258. The van der Waals surface area contributed by atoms with Crippen LogP contribution in [0.4, 0.5) is 4.79 Å². The number of carbonyl (C=O) groups is 4. The van der Waals surface area contributed by atoms with Crippen molar-refractivity contribution < 1.29 is 33.8 Å². The van der Waals surface area contributed by atoms with Crippen LogP contribution in [0.3, 0.4) is 0 Å². The Labute approximate surface area is 248 Å². The lowest BCUT2D eigenvalue weighted by Crippen LogP contribution is -2.52. The van der Waals surface area contributed by atoms with Crippen molar-refractivity contribution in [3.05, 3.63) is 95.1 Å². The second-order valence-corrected chi connectivity index (χ2v) is 10.0. The quantitative estimate of drug-likeness (QED) is 0.149. The average Bonchev–Trinajstić information content (AvgIpc) is 3.18. The van der Waals surface area contributed by atoms with Crippen molar-refractivity contribution >= 4 is 30.0 Å². The van der Waals surface area contributed by atoms with Crippen LogP contribution in [0.15, 0.2) is 77.9 Å². The number of ether oxygens (including phenoxy) is 2. The summed E-state index contributed by atoms with van der Waals surface area (Å²) in [6.07, 6.45) is 0.841. The van der Waals surface area contributed by atoms with E-state index < -0.39 is 41.8 Å². The topological polar surface area (TPSA) is 155 Å². The van der Waals surface area contributed by atoms with Gasteiger partial charge in [-0.1, -0.05) is 60.7 Å². The van der Waals surface area contributed by atoms with Crippen LogP contribution in [0.25, 0.3) is 0 Å².